The molecule has 0 fully saturated rings. The zero-order chi connectivity index (χ0) is 15.7. The van der Waals surface area contributed by atoms with E-state index in [0.717, 1.165) is 10.8 Å². The van der Waals surface area contributed by atoms with Gasteiger partial charge in [0.1, 0.15) is 0 Å². The van der Waals surface area contributed by atoms with Crippen LogP contribution in [0.4, 0.5) is 0 Å². The summed E-state index contributed by atoms with van der Waals surface area (Å²) < 4.78 is 5.57. The predicted molar refractivity (Wildman–Crippen MR) is 96.1 cm³/mol. The largest absolute Gasteiger partial charge is 0.494 e. The maximum atomic E-state index is 6.28. The van der Waals surface area contributed by atoms with Gasteiger partial charge in [0.05, 0.1) is 17.0 Å². The van der Waals surface area contributed by atoms with Crippen molar-refractivity contribution in [2.45, 2.75) is 84.0 Å². The number of hydrogen-bond acceptors (Lipinski definition) is 2. The second-order valence-electron chi connectivity index (χ2n) is 6.27. The maximum absolute atomic E-state index is 6.28. The topological polar surface area (TPSA) is 9.23 Å². The van der Waals surface area contributed by atoms with Crippen molar-refractivity contribution in [3.05, 3.63) is 15.3 Å². The first-order valence-electron chi connectivity index (χ1n) is 8.40. The Kier molecular flexibility index (Phi) is 8.73. The molecule has 0 amide bonds. The van der Waals surface area contributed by atoms with E-state index < -0.39 is 0 Å². The smallest absolute Gasteiger partial charge is 0.151 e. The predicted octanol–water partition coefficient (Wildman–Crippen LogP) is 7.22. The first-order chi connectivity index (χ1) is 10.1. The Hall–Kier alpha value is -0.210. The standard InChI is InChI=1S/C18H31ClOS/c1-5-7-9-11-13-18(3,12-10-8-6-2)17-16(20-4)15(19)14-21-17/h14H,5-13H2,1-4H3. The third-order valence-electron chi connectivity index (χ3n) is 4.37. The Morgan fingerprint density at radius 1 is 1.05 bits per heavy atom. The number of unbranched alkanes of at least 4 members (excludes halogenated alkanes) is 5. The quantitative estimate of drug-likeness (QED) is 0.389. The van der Waals surface area contributed by atoms with Crippen LogP contribution in [-0.2, 0) is 5.41 Å². The Bertz CT molecular complexity index is 402. The highest BCUT2D eigenvalue weighted by Crippen LogP contribution is 2.47. The molecule has 0 N–H and O–H groups in total. The molecule has 0 aliphatic heterocycles. The molecule has 0 bridgehead atoms. The summed E-state index contributed by atoms with van der Waals surface area (Å²) in [6.45, 7) is 6.93. The first-order valence-corrected chi connectivity index (χ1v) is 9.66. The minimum absolute atomic E-state index is 0.214. The minimum Gasteiger partial charge on any atom is -0.494 e. The second-order valence-corrected chi connectivity index (χ2v) is 7.56. The molecule has 1 unspecified atom stereocenters. The van der Waals surface area contributed by atoms with Crippen molar-refractivity contribution in [1.29, 1.82) is 0 Å². The molecule has 21 heavy (non-hydrogen) atoms. The summed E-state index contributed by atoms with van der Waals surface area (Å²) in [5.74, 6) is 0.913. The summed E-state index contributed by atoms with van der Waals surface area (Å²) in [4.78, 5) is 1.35. The summed E-state index contributed by atoms with van der Waals surface area (Å²) >= 11 is 8.05. The summed E-state index contributed by atoms with van der Waals surface area (Å²) in [5.41, 5.74) is 0.214. The number of rotatable bonds is 11. The van der Waals surface area contributed by atoms with Crippen molar-refractivity contribution in [3.8, 4) is 5.75 Å². The van der Waals surface area contributed by atoms with E-state index in [0.29, 0.717) is 0 Å². The van der Waals surface area contributed by atoms with Crippen molar-refractivity contribution in [1.82, 2.24) is 0 Å². The van der Waals surface area contributed by atoms with Gasteiger partial charge in [-0.25, -0.2) is 0 Å². The molecule has 1 heterocycles. The van der Waals surface area contributed by atoms with E-state index in [1.807, 2.05) is 5.38 Å². The van der Waals surface area contributed by atoms with Crippen LogP contribution < -0.4 is 4.74 Å². The van der Waals surface area contributed by atoms with Crippen LogP contribution in [0.2, 0.25) is 5.02 Å². The zero-order valence-electron chi connectivity index (χ0n) is 14.1. The molecule has 0 saturated heterocycles. The minimum atomic E-state index is 0.214. The molecule has 1 aromatic heterocycles. The average Bonchev–Trinajstić information content (AvgIpc) is 2.85. The lowest BCUT2D eigenvalue weighted by Crippen LogP contribution is -2.21. The van der Waals surface area contributed by atoms with Crippen LogP contribution in [0.5, 0.6) is 5.75 Å². The van der Waals surface area contributed by atoms with Crippen LogP contribution in [0.25, 0.3) is 0 Å². The number of hydrogen-bond donors (Lipinski definition) is 0. The fourth-order valence-corrected chi connectivity index (χ4v) is 4.47. The van der Waals surface area contributed by atoms with E-state index in [1.165, 1.54) is 62.7 Å². The van der Waals surface area contributed by atoms with Gasteiger partial charge in [-0.3, -0.25) is 0 Å². The lowest BCUT2D eigenvalue weighted by Gasteiger charge is -2.30. The molecular weight excluding hydrogens is 300 g/mol. The number of ether oxygens (including phenoxy) is 1. The average molecular weight is 331 g/mol. The van der Waals surface area contributed by atoms with Crippen molar-refractivity contribution in [2.75, 3.05) is 7.11 Å². The van der Waals surface area contributed by atoms with Gasteiger partial charge in [-0.1, -0.05) is 77.3 Å². The molecule has 3 heteroatoms. The third-order valence-corrected chi connectivity index (χ3v) is 6.05. The van der Waals surface area contributed by atoms with E-state index in [9.17, 15) is 0 Å². The van der Waals surface area contributed by atoms with Crippen molar-refractivity contribution < 1.29 is 4.74 Å². The number of halogens is 1. The van der Waals surface area contributed by atoms with Gasteiger partial charge in [-0.2, -0.15) is 0 Å². The Morgan fingerprint density at radius 2 is 1.62 bits per heavy atom. The maximum Gasteiger partial charge on any atom is 0.151 e. The summed E-state index contributed by atoms with van der Waals surface area (Å²) in [6, 6.07) is 0. The van der Waals surface area contributed by atoms with Crippen molar-refractivity contribution in [2.24, 2.45) is 0 Å². The number of thiophene rings is 1. The molecular formula is C18H31ClOS. The molecule has 1 nitrogen and oxygen atoms in total. The van der Waals surface area contributed by atoms with Gasteiger partial charge in [0, 0.05) is 10.8 Å². The Labute approximate surface area is 140 Å². The van der Waals surface area contributed by atoms with E-state index in [4.69, 9.17) is 16.3 Å². The fourth-order valence-electron chi connectivity index (χ4n) is 2.99. The summed E-state index contributed by atoms with van der Waals surface area (Å²) in [6.07, 6.45) is 11.6. The SMILES string of the molecule is CCCCCCC(C)(CCCCC)c1scc(Cl)c1OC. The van der Waals surface area contributed by atoms with Gasteiger partial charge in [0.15, 0.2) is 5.75 Å². The lowest BCUT2D eigenvalue weighted by atomic mass is 9.78. The molecule has 0 aliphatic carbocycles. The van der Waals surface area contributed by atoms with E-state index in [2.05, 4.69) is 20.8 Å². The highest BCUT2D eigenvalue weighted by atomic mass is 35.5. The highest BCUT2D eigenvalue weighted by molar-refractivity contribution is 7.11. The van der Waals surface area contributed by atoms with Crippen molar-refractivity contribution in [3.63, 3.8) is 0 Å². The van der Waals surface area contributed by atoms with Crippen LogP contribution in [0.1, 0.15) is 83.4 Å². The van der Waals surface area contributed by atoms with Gasteiger partial charge < -0.3 is 4.74 Å². The molecule has 0 spiro atoms. The summed E-state index contributed by atoms with van der Waals surface area (Å²) in [5, 5.41) is 2.80. The third kappa shape index (κ3) is 5.49. The van der Waals surface area contributed by atoms with Crippen LogP contribution >= 0.6 is 22.9 Å². The molecule has 1 atom stereocenters. The Morgan fingerprint density at radius 3 is 2.19 bits per heavy atom. The van der Waals surface area contributed by atoms with E-state index >= 15 is 0 Å². The number of methoxy groups -OCH3 is 1. The first kappa shape index (κ1) is 18.8. The molecule has 0 aromatic carbocycles. The zero-order valence-corrected chi connectivity index (χ0v) is 15.7. The summed E-state index contributed by atoms with van der Waals surface area (Å²) in [7, 11) is 1.74. The molecule has 0 aliphatic rings. The van der Waals surface area contributed by atoms with Gasteiger partial charge in [0.25, 0.3) is 0 Å². The Balaban J connectivity index is 2.83. The van der Waals surface area contributed by atoms with Crippen LogP contribution in [0.15, 0.2) is 5.38 Å². The normalized spacial score (nSPS) is 14.1. The van der Waals surface area contributed by atoms with Crippen molar-refractivity contribution >= 4 is 22.9 Å². The molecule has 1 aromatic rings. The van der Waals surface area contributed by atoms with Crippen LogP contribution in [0, 0.1) is 0 Å². The second kappa shape index (κ2) is 9.74. The molecule has 122 valence electrons. The van der Waals surface area contributed by atoms with Gasteiger partial charge >= 0.3 is 0 Å². The van der Waals surface area contributed by atoms with Gasteiger partial charge in [-0.05, 0) is 12.8 Å². The lowest BCUT2D eigenvalue weighted by molar-refractivity contribution is 0.347. The van der Waals surface area contributed by atoms with Crippen LogP contribution in [-0.4, -0.2) is 7.11 Å². The van der Waals surface area contributed by atoms with E-state index in [-0.39, 0.29) is 5.41 Å². The van der Waals surface area contributed by atoms with E-state index in [1.54, 1.807) is 18.4 Å². The van der Waals surface area contributed by atoms with Gasteiger partial charge in [-0.15, -0.1) is 11.3 Å². The molecule has 1 rings (SSSR count). The monoisotopic (exact) mass is 330 g/mol. The highest BCUT2D eigenvalue weighted by Gasteiger charge is 2.31. The molecule has 0 saturated carbocycles. The fraction of sp³-hybridized carbons (Fsp3) is 0.778. The van der Waals surface area contributed by atoms with Gasteiger partial charge in [0.2, 0.25) is 0 Å². The molecule has 0 radical (unpaired) electrons. The van der Waals surface area contributed by atoms with Crippen LogP contribution in [0.3, 0.4) is 0 Å².